The molecule has 0 spiro atoms. The highest BCUT2D eigenvalue weighted by atomic mass is 32.2. The Morgan fingerprint density at radius 1 is 1.41 bits per heavy atom. The molecule has 2 aromatic rings. The lowest BCUT2D eigenvalue weighted by molar-refractivity contribution is -0.115. The summed E-state index contributed by atoms with van der Waals surface area (Å²) in [6.07, 6.45) is 2.18. The van der Waals surface area contributed by atoms with Crippen LogP contribution in [0.2, 0.25) is 0 Å². The summed E-state index contributed by atoms with van der Waals surface area (Å²) in [7, 11) is 0. The summed E-state index contributed by atoms with van der Waals surface area (Å²) in [5, 5.41) is 8.00. The zero-order valence-corrected chi connectivity index (χ0v) is 9.68. The average Bonchev–Trinajstić information content (AvgIpc) is 2.75. The summed E-state index contributed by atoms with van der Waals surface area (Å²) in [6, 6.07) is 5.60. The van der Waals surface area contributed by atoms with Crippen LogP contribution in [0.1, 0.15) is 11.6 Å². The van der Waals surface area contributed by atoms with E-state index in [4.69, 9.17) is 10.2 Å². The first kappa shape index (κ1) is 11.6. The molecule has 2 aromatic heterocycles. The van der Waals surface area contributed by atoms with Crippen LogP contribution in [0.4, 0.5) is 0 Å². The van der Waals surface area contributed by atoms with E-state index in [0.717, 1.165) is 17.5 Å². The molecule has 17 heavy (non-hydrogen) atoms. The van der Waals surface area contributed by atoms with Crippen molar-refractivity contribution in [1.29, 1.82) is 0 Å². The number of carbonyl (C=O) groups excluding carboxylic acids is 1. The van der Waals surface area contributed by atoms with Gasteiger partial charge in [-0.25, -0.2) is 0 Å². The molecule has 0 aliphatic carbocycles. The first-order valence-electron chi connectivity index (χ1n) is 4.87. The molecule has 0 radical (unpaired) electrons. The lowest BCUT2D eigenvalue weighted by Gasteiger charge is -1.94. The van der Waals surface area contributed by atoms with Crippen LogP contribution < -0.4 is 5.73 Å². The van der Waals surface area contributed by atoms with E-state index in [0.29, 0.717) is 17.5 Å². The van der Waals surface area contributed by atoms with Crippen LogP contribution in [-0.4, -0.2) is 26.8 Å². The van der Waals surface area contributed by atoms with Crippen molar-refractivity contribution < 1.29 is 9.21 Å². The first-order chi connectivity index (χ1) is 8.24. The van der Waals surface area contributed by atoms with Gasteiger partial charge in [-0.1, -0.05) is 17.8 Å². The fourth-order valence-corrected chi connectivity index (χ4v) is 1.68. The van der Waals surface area contributed by atoms with E-state index in [9.17, 15) is 4.79 Å². The highest BCUT2D eigenvalue weighted by Gasteiger charge is 2.08. The van der Waals surface area contributed by atoms with E-state index >= 15 is 0 Å². The fraction of sp³-hybridized carbons (Fsp3) is 0.200. The molecule has 2 heterocycles. The molecule has 0 unspecified atom stereocenters. The molecule has 2 rings (SSSR count). The standard InChI is InChI=1S/C10H10N4O2S/c11-8(15)6-17-10-14-13-9(16-10)5-7-3-1-2-4-12-7/h1-4H,5-6H2,(H2,11,15). The second-order valence-corrected chi connectivity index (χ2v) is 4.14. The summed E-state index contributed by atoms with van der Waals surface area (Å²) < 4.78 is 5.33. The van der Waals surface area contributed by atoms with Crippen molar-refractivity contribution in [3.8, 4) is 0 Å². The van der Waals surface area contributed by atoms with Crippen molar-refractivity contribution in [2.24, 2.45) is 5.73 Å². The Kier molecular flexibility index (Phi) is 3.71. The molecule has 88 valence electrons. The second kappa shape index (κ2) is 5.44. The number of nitrogens with two attached hydrogens (primary N) is 1. The largest absolute Gasteiger partial charge is 0.416 e. The normalized spacial score (nSPS) is 10.4. The third-order valence-corrected chi connectivity index (χ3v) is 2.69. The van der Waals surface area contributed by atoms with E-state index in [1.54, 1.807) is 6.20 Å². The maximum atomic E-state index is 10.6. The molecule has 0 fully saturated rings. The van der Waals surface area contributed by atoms with E-state index in [-0.39, 0.29) is 5.75 Å². The van der Waals surface area contributed by atoms with Gasteiger partial charge < -0.3 is 10.2 Å². The predicted octanol–water partition coefficient (Wildman–Crippen LogP) is 0.633. The third-order valence-electron chi connectivity index (χ3n) is 1.84. The quantitative estimate of drug-likeness (QED) is 0.782. The number of hydrogen-bond donors (Lipinski definition) is 1. The molecule has 0 bridgehead atoms. The first-order valence-corrected chi connectivity index (χ1v) is 5.86. The number of pyridine rings is 1. The van der Waals surface area contributed by atoms with Gasteiger partial charge in [0.2, 0.25) is 11.8 Å². The van der Waals surface area contributed by atoms with Crippen molar-refractivity contribution in [2.75, 3.05) is 5.75 Å². The molecule has 0 aliphatic rings. The molecular formula is C10H10N4O2S. The van der Waals surface area contributed by atoms with Crippen molar-refractivity contribution in [3.63, 3.8) is 0 Å². The van der Waals surface area contributed by atoms with Gasteiger partial charge in [-0.15, -0.1) is 10.2 Å². The van der Waals surface area contributed by atoms with Crippen LogP contribution in [0, 0.1) is 0 Å². The highest BCUT2D eigenvalue weighted by molar-refractivity contribution is 7.99. The molecule has 2 N–H and O–H groups in total. The molecule has 1 amide bonds. The Bertz CT molecular complexity index is 500. The number of rotatable bonds is 5. The van der Waals surface area contributed by atoms with Crippen molar-refractivity contribution in [3.05, 3.63) is 36.0 Å². The van der Waals surface area contributed by atoms with Crippen molar-refractivity contribution in [2.45, 2.75) is 11.6 Å². The van der Waals surface area contributed by atoms with Gasteiger partial charge >= 0.3 is 0 Å². The Morgan fingerprint density at radius 3 is 3.00 bits per heavy atom. The monoisotopic (exact) mass is 250 g/mol. The number of amides is 1. The number of hydrogen-bond acceptors (Lipinski definition) is 6. The number of thioether (sulfide) groups is 1. The van der Waals surface area contributed by atoms with Crippen molar-refractivity contribution in [1.82, 2.24) is 15.2 Å². The summed E-state index contributed by atoms with van der Waals surface area (Å²) in [5.41, 5.74) is 5.86. The van der Waals surface area contributed by atoms with Crippen LogP contribution in [-0.2, 0) is 11.2 Å². The fourth-order valence-electron chi connectivity index (χ4n) is 1.16. The van der Waals surface area contributed by atoms with Crippen LogP contribution in [0.15, 0.2) is 34.0 Å². The maximum Gasteiger partial charge on any atom is 0.277 e. The van der Waals surface area contributed by atoms with Gasteiger partial charge in [-0.05, 0) is 12.1 Å². The molecule has 0 aromatic carbocycles. The molecule has 0 saturated carbocycles. The smallest absolute Gasteiger partial charge is 0.277 e. The van der Waals surface area contributed by atoms with E-state index < -0.39 is 5.91 Å². The van der Waals surface area contributed by atoms with Crippen LogP contribution in [0.3, 0.4) is 0 Å². The van der Waals surface area contributed by atoms with Gasteiger partial charge in [0.25, 0.3) is 5.22 Å². The molecule has 0 atom stereocenters. The van der Waals surface area contributed by atoms with E-state index in [1.165, 1.54) is 0 Å². The Morgan fingerprint density at radius 2 is 2.29 bits per heavy atom. The molecule has 6 nitrogen and oxygen atoms in total. The number of carbonyl (C=O) groups is 1. The Balaban J connectivity index is 1.97. The summed E-state index contributed by atoms with van der Waals surface area (Å²) >= 11 is 1.12. The second-order valence-electron chi connectivity index (χ2n) is 3.21. The number of primary amides is 1. The third kappa shape index (κ3) is 3.56. The van der Waals surface area contributed by atoms with Crippen LogP contribution >= 0.6 is 11.8 Å². The minimum absolute atomic E-state index is 0.130. The summed E-state index contributed by atoms with van der Waals surface area (Å²) in [4.78, 5) is 14.7. The molecular weight excluding hydrogens is 240 g/mol. The lowest BCUT2D eigenvalue weighted by atomic mass is 10.3. The average molecular weight is 250 g/mol. The summed E-state index contributed by atoms with van der Waals surface area (Å²) in [5.74, 6) is 0.181. The van der Waals surface area contributed by atoms with Gasteiger partial charge in [0.05, 0.1) is 12.2 Å². The van der Waals surface area contributed by atoms with E-state index in [2.05, 4.69) is 15.2 Å². The zero-order chi connectivity index (χ0) is 12.1. The maximum absolute atomic E-state index is 10.6. The lowest BCUT2D eigenvalue weighted by Crippen LogP contribution is -2.12. The topological polar surface area (TPSA) is 94.9 Å². The molecule has 7 heteroatoms. The Hall–Kier alpha value is -1.89. The van der Waals surface area contributed by atoms with Gasteiger partial charge in [-0.3, -0.25) is 9.78 Å². The minimum atomic E-state index is -0.417. The van der Waals surface area contributed by atoms with Crippen LogP contribution in [0.5, 0.6) is 0 Å². The van der Waals surface area contributed by atoms with Gasteiger partial charge in [0, 0.05) is 11.9 Å². The van der Waals surface area contributed by atoms with Gasteiger partial charge in [0.1, 0.15) is 0 Å². The number of aromatic nitrogens is 3. The summed E-state index contributed by atoms with van der Waals surface area (Å²) in [6.45, 7) is 0. The molecule has 0 saturated heterocycles. The number of nitrogens with zero attached hydrogens (tertiary/aromatic N) is 3. The SMILES string of the molecule is NC(=O)CSc1nnc(Cc2ccccn2)o1. The van der Waals surface area contributed by atoms with Gasteiger partial charge in [0.15, 0.2) is 0 Å². The zero-order valence-electron chi connectivity index (χ0n) is 8.87. The van der Waals surface area contributed by atoms with Gasteiger partial charge in [-0.2, -0.15) is 0 Å². The van der Waals surface area contributed by atoms with Crippen molar-refractivity contribution >= 4 is 17.7 Å². The predicted molar refractivity (Wildman–Crippen MR) is 61.3 cm³/mol. The van der Waals surface area contributed by atoms with Crippen LogP contribution in [0.25, 0.3) is 0 Å². The minimum Gasteiger partial charge on any atom is -0.416 e. The Labute approximate surface area is 102 Å². The van der Waals surface area contributed by atoms with E-state index in [1.807, 2.05) is 18.2 Å². The molecule has 0 aliphatic heterocycles. The highest BCUT2D eigenvalue weighted by Crippen LogP contribution is 2.16.